The minimum atomic E-state index is 0.157. The number of hydrogen-bond acceptors (Lipinski definition) is 2. The number of aromatic hydroxyl groups is 1. The Bertz CT molecular complexity index is 486. The average molecular weight is 249 g/mol. The lowest BCUT2D eigenvalue weighted by molar-refractivity contribution is 0.299. The molecule has 3 heteroatoms. The largest absolute Gasteiger partial charge is 0.507 e. The van der Waals surface area contributed by atoms with Gasteiger partial charge in [-0.15, -0.1) is 0 Å². The summed E-state index contributed by atoms with van der Waals surface area (Å²) in [5.74, 6) is 0.916. The van der Waals surface area contributed by atoms with Crippen LogP contribution in [0.5, 0.6) is 11.5 Å². The molecule has 17 heavy (non-hydrogen) atoms. The van der Waals surface area contributed by atoms with Crippen molar-refractivity contribution in [2.45, 2.75) is 13.5 Å². The van der Waals surface area contributed by atoms with Gasteiger partial charge in [-0.05, 0) is 31.2 Å². The Hall–Kier alpha value is -1.67. The second kappa shape index (κ2) is 5.11. The molecule has 0 unspecified atom stereocenters. The molecule has 0 aliphatic rings. The van der Waals surface area contributed by atoms with E-state index in [-0.39, 0.29) is 12.4 Å². The highest BCUT2D eigenvalue weighted by Crippen LogP contribution is 2.26. The van der Waals surface area contributed by atoms with Crippen molar-refractivity contribution in [1.82, 2.24) is 0 Å². The van der Waals surface area contributed by atoms with E-state index in [4.69, 9.17) is 16.3 Å². The molecule has 0 saturated heterocycles. The van der Waals surface area contributed by atoms with E-state index in [0.717, 1.165) is 5.75 Å². The van der Waals surface area contributed by atoms with E-state index in [1.807, 2.05) is 31.2 Å². The summed E-state index contributed by atoms with van der Waals surface area (Å²) in [6.07, 6.45) is 0. The van der Waals surface area contributed by atoms with Crippen molar-refractivity contribution in [1.29, 1.82) is 0 Å². The lowest BCUT2D eigenvalue weighted by Gasteiger charge is -2.09. The minimum Gasteiger partial charge on any atom is -0.507 e. The third-order valence-corrected chi connectivity index (χ3v) is 2.85. The molecule has 0 aliphatic carbocycles. The summed E-state index contributed by atoms with van der Waals surface area (Å²) in [5, 5.41) is 10.2. The van der Waals surface area contributed by atoms with E-state index in [2.05, 4.69) is 0 Å². The highest BCUT2D eigenvalue weighted by atomic mass is 35.5. The summed E-state index contributed by atoms with van der Waals surface area (Å²) in [7, 11) is 0. The van der Waals surface area contributed by atoms with Crippen LogP contribution >= 0.6 is 11.6 Å². The first kappa shape index (κ1) is 11.8. The van der Waals surface area contributed by atoms with Crippen LogP contribution in [0.25, 0.3) is 0 Å². The molecule has 88 valence electrons. The maximum Gasteiger partial charge on any atom is 0.123 e. The highest BCUT2D eigenvalue weighted by molar-refractivity contribution is 6.31. The molecule has 2 nitrogen and oxygen atoms in total. The standard InChI is InChI=1S/C14H13ClO2/c1-10-5-7-11(8-6-10)17-9-12-13(15)3-2-4-14(12)16/h2-8,16H,9H2,1H3. The van der Waals surface area contributed by atoms with Gasteiger partial charge in [-0.2, -0.15) is 0 Å². The van der Waals surface area contributed by atoms with Crippen LogP contribution in [0, 0.1) is 6.92 Å². The van der Waals surface area contributed by atoms with Crippen LogP contribution in [-0.2, 0) is 6.61 Å². The number of benzene rings is 2. The predicted octanol–water partition coefficient (Wildman–Crippen LogP) is 3.93. The zero-order valence-corrected chi connectivity index (χ0v) is 10.2. The third kappa shape index (κ3) is 2.92. The fourth-order valence-corrected chi connectivity index (χ4v) is 1.70. The first-order valence-corrected chi connectivity index (χ1v) is 5.70. The molecular formula is C14H13ClO2. The van der Waals surface area contributed by atoms with E-state index >= 15 is 0 Å². The van der Waals surface area contributed by atoms with E-state index in [1.165, 1.54) is 5.56 Å². The van der Waals surface area contributed by atoms with Crippen molar-refractivity contribution in [2.24, 2.45) is 0 Å². The van der Waals surface area contributed by atoms with Gasteiger partial charge in [0, 0.05) is 5.56 Å². The first-order chi connectivity index (χ1) is 8.16. The average Bonchev–Trinajstić information content (AvgIpc) is 2.31. The molecule has 0 saturated carbocycles. The molecule has 2 aromatic rings. The van der Waals surface area contributed by atoms with Gasteiger partial charge >= 0.3 is 0 Å². The molecule has 0 aliphatic heterocycles. The van der Waals surface area contributed by atoms with E-state index < -0.39 is 0 Å². The number of phenolic OH excluding ortho intramolecular Hbond substituents is 1. The van der Waals surface area contributed by atoms with E-state index in [1.54, 1.807) is 18.2 Å². The van der Waals surface area contributed by atoms with Crippen LogP contribution in [-0.4, -0.2) is 5.11 Å². The van der Waals surface area contributed by atoms with Gasteiger partial charge in [-0.1, -0.05) is 35.4 Å². The molecule has 0 bridgehead atoms. The van der Waals surface area contributed by atoms with Gasteiger partial charge in [-0.25, -0.2) is 0 Å². The molecule has 0 heterocycles. The lowest BCUT2D eigenvalue weighted by Crippen LogP contribution is -1.96. The fourth-order valence-electron chi connectivity index (χ4n) is 1.48. The molecular weight excluding hydrogens is 236 g/mol. The zero-order chi connectivity index (χ0) is 12.3. The third-order valence-electron chi connectivity index (χ3n) is 2.50. The number of hydrogen-bond donors (Lipinski definition) is 1. The Morgan fingerprint density at radius 1 is 1.12 bits per heavy atom. The van der Waals surface area contributed by atoms with Crippen molar-refractivity contribution in [2.75, 3.05) is 0 Å². The maximum absolute atomic E-state index is 9.65. The van der Waals surface area contributed by atoms with E-state index in [0.29, 0.717) is 10.6 Å². The van der Waals surface area contributed by atoms with Gasteiger partial charge in [0.05, 0.1) is 5.02 Å². The second-order valence-corrected chi connectivity index (χ2v) is 4.25. The summed E-state index contributed by atoms with van der Waals surface area (Å²) in [6.45, 7) is 2.28. The van der Waals surface area contributed by atoms with Gasteiger partial charge < -0.3 is 9.84 Å². The summed E-state index contributed by atoms with van der Waals surface area (Å²) < 4.78 is 5.56. The fraction of sp³-hybridized carbons (Fsp3) is 0.143. The Morgan fingerprint density at radius 3 is 2.47 bits per heavy atom. The lowest BCUT2D eigenvalue weighted by atomic mass is 10.2. The van der Waals surface area contributed by atoms with Crippen molar-refractivity contribution >= 4 is 11.6 Å². The predicted molar refractivity (Wildman–Crippen MR) is 68.6 cm³/mol. The van der Waals surface area contributed by atoms with Gasteiger partial charge in [0.2, 0.25) is 0 Å². The van der Waals surface area contributed by atoms with Gasteiger partial charge in [0.25, 0.3) is 0 Å². The minimum absolute atomic E-state index is 0.157. The van der Waals surface area contributed by atoms with Crippen LogP contribution in [0.15, 0.2) is 42.5 Å². The summed E-state index contributed by atoms with van der Waals surface area (Å²) in [6, 6.07) is 12.8. The quantitative estimate of drug-likeness (QED) is 0.892. The molecule has 2 aromatic carbocycles. The van der Waals surface area contributed by atoms with Gasteiger partial charge in [0.15, 0.2) is 0 Å². The molecule has 0 atom stereocenters. The Balaban J connectivity index is 2.10. The molecule has 0 fully saturated rings. The zero-order valence-electron chi connectivity index (χ0n) is 9.48. The van der Waals surface area contributed by atoms with Crippen LogP contribution in [0.4, 0.5) is 0 Å². The Morgan fingerprint density at radius 2 is 1.82 bits per heavy atom. The highest BCUT2D eigenvalue weighted by Gasteiger charge is 2.06. The first-order valence-electron chi connectivity index (χ1n) is 5.32. The van der Waals surface area contributed by atoms with Crippen molar-refractivity contribution in [3.63, 3.8) is 0 Å². The Kier molecular flexibility index (Phi) is 3.55. The van der Waals surface area contributed by atoms with Crippen LogP contribution in [0.2, 0.25) is 5.02 Å². The topological polar surface area (TPSA) is 29.5 Å². The van der Waals surface area contributed by atoms with Gasteiger partial charge in [-0.3, -0.25) is 0 Å². The molecule has 0 aromatic heterocycles. The molecule has 0 amide bonds. The maximum atomic E-state index is 9.65. The number of aryl methyl sites for hydroxylation is 1. The normalized spacial score (nSPS) is 10.2. The monoisotopic (exact) mass is 248 g/mol. The molecule has 0 radical (unpaired) electrons. The second-order valence-electron chi connectivity index (χ2n) is 3.84. The van der Waals surface area contributed by atoms with Crippen LogP contribution < -0.4 is 4.74 Å². The van der Waals surface area contributed by atoms with Gasteiger partial charge in [0.1, 0.15) is 18.1 Å². The summed E-state index contributed by atoms with van der Waals surface area (Å²) >= 11 is 5.98. The summed E-state index contributed by atoms with van der Waals surface area (Å²) in [4.78, 5) is 0. The van der Waals surface area contributed by atoms with E-state index in [9.17, 15) is 5.11 Å². The Labute approximate surface area is 105 Å². The van der Waals surface area contributed by atoms with Crippen LogP contribution in [0.3, 0.4) is 0 Å². The smallest absolute Gasteiger partial charge is 0.123 e. The van der Waals surface area contributed by atoms with Crippen molar-refractivity contribution < 1.29 is 9.84 Å². The van der Waals surface area contributed by atoms with Crippen molar-refractivity contribution in [3.8, 4) is 11.5 Å². The number of ether oxygens (including phenoxy) is 1. The molecule has 0 spiro atoms. The number of halogens is 1. The van der Waals surface area contributed by atoms with Crippen molar-refractivity contribution in [3.05, 3.63) is 58.6 Å². The SMILES string of the molecule is Cc1ccc(OCc2c(O)cccc2Cl)cc1. The van der Waals surface area contributed by atoms with Crippen LogP contribution in [0.1, 0.15) is 11.1 Å². The summed E-state index contributed by atoms with van der Waals surface area (Å²) in [5.41, 5.74) is 1.78. The number of phenols is 1. The molecule has 2 rings (SSSR count). The molecule has 1 N–H and O–H groups in total. The number of rotatable bonds is 3.